The minimum atomic E-state index is -3.78. The van der Waals surface area contributed by atoms with Gasteiger partial charge in [-0.15, -0.1) is 0 Å². The Balaban J connectivity index is 2.37. The molecule has 0 aromatic carbocycles. The van der Waals surface area contributed by atoms with Crippen LogP contribution in [0, 0.1) is 6.92 Å². The van der Waals surface area contributed by atoms with Crippen molar-refractivity contribution in [1.29, 1.82) is 0 Å². The first-order valence-corrected chi connectivity index (χ1v) is 7.38. The minimum Gasteiger partial charge on any atom is -0.264 e. The van der Waals surface area contributed by atoms with Gasteiger partial charge in [0.2, 0.25) is 0 Å². The van der Waals surface area contributed by atoms with Crippen molar-refractivity contribution in [1.82, 2.24) is 14.8 Å². The average Bonchev–Trinajstić information content (AvgIpc) is 2.60. The van der Waals surface area contributed by atoms with E-state index < -0.39 is 10.0 Å². The van der Waals surface area contributed by atoms with Gasteiger partial charge < -0.3 is 0 Å². The van der Waals surface area contributed by atoms with Crippen LogP contribution in [0.5, 0.6) is 0 Å². The number of aromatic nitrogens is 3. The van der Waals surface area contributed by atoms with E-state index in [1.807, 2.05) is 0 Å². The van der Waals surface area contributed by atoms with Crippen LogP contribution in [0.1, 0.15) is 5.69 Å². The van der Waals surface area contributed by atoms with Crippen molar-refractivity contribution in [3.8, 4) is 0 Å². The van der Waals surface area contributed by atoms with Crippen molar-refractivity contribution in [2.75, 3.05) is 4.72 Å². The molecule has 9 heteroatoms. The van der Waals surface area contributed by atoms with Crippen molar-refractivity contribution < 1.29 is 8.42 Å². The lowest BCUT2D eigenvalue weighted by Crippen LogP contribution is -2.15. The van der Waals surface area contributed by atoms with E-state index in [0.29, 0.717) is 11.5 Å². The van der Waals surface area contributed by atoms with Gasteiger partial charge in [0.05, 0.1) is 10.7 Å². The number of aryl methyl sites for hydroxylation is 2. The van der Waals surface area contributed by atoms with Crippen molar-refractivity contribution in [3.05, 3.63) is 34.2 Å². The van der Waals surface area contributed by atoms with Gasteiger partial charge in [0.15, 0.2) is 0 Å². The van der Waals surface area contributed by atoms with Crippen molar-refractivity contribution in [3.63, 3.8) is 0 Å². The molecule has 2 rings (SSSR count). The fourth-order valence-electron chi connectivity index (χ4n) is 1.45. The Morgan fingerprint density at radius 3 is 2.53 bits per heavy atom. The Bertz CT molecular complexity index is 727. The second kappa shape index (κ2) is 4.99. The van der Waals surface area contributed by atoms with E-state index in [1.54, 1.807) is 20.0 Å². The molecule has 6 nitrogen and oxygen atoms in total. The molecule has 1 N–H and O–H groups in total. The second-order valence-corrected chi connectivity index (χ2v) is 6.29. The lowest BCUT2D eigenvalue weighted by molar-refractivity contribution is 0.600. The van der Waals surface area contributed by atoms with Crippen molar-refractivity contribution in [2.24, 2.45) is 7.05 Å². The summed E-state index contributed by atoms with van der Waals surface area (Å²) in [5.41, 5.74) is 0.701. The summed E-state index contributed by atoms with van der Waals surface area (Å²) in [7, 11) is -2.14. The van der Waals surface area contributed by atoms with Gasteiger partial charge in [-0.1, -0.05) is 23.2 Å². The zero-order valence-electron chi connectivity index (χ0n) is 10.1. The summed E-state index contributed by atoms with van der Waals surface area (Å²) in [4.78, 5) is 3.64. The summed E-state index contributed by atoms with van der Waals surface area (Å²) in [5, 5.41) is 4.18. The van der Waals surface area contributed by atoms with Gasteiger partial charge in [-0.2, -0.15) is 5.10 Å². The Labute approximate surface area is 120 Å². The lowest BCUT2D eigenvalue weighted by atomic mass is 10.5. The molecular weight excluding hydrogens is 311 g/mol. The Morgan fingerprint density at radius 1 is 1.32 bits per heavy atom. The maximum atomic E-state index is 12.1. The summed E-state index contributed by atoms with van der Waals surface area (Å²) in [6, 6.07) is 2.85. The van der Waals surface area contributed by atoms with Gasteiger partial charge in [0, 0.05) is 19.3 Å². The summed E-state index contributed by atoms with van der Waals surface area (Å²) >= 11 is 11.4. The molecule has 19 heavy (non-hydrogen) atoms. The first-order chi connectivity index (χ1) is 8.79. The zero-order chi connectivity index (χ0) is 14.2. The molecule has 0 bridgehead atoms. The van der Waals surface area contributed by atoms with Crippen LogP contribution in [0.4, 0.5) is 5.82 Å². The van der Waals surface area contributed by atoms with Crippen LogP contribution in [0.3, 0.4) is 0 Å². The molecule has 0 spiro atoms. The third kappa shape index (κ3) is 2.99. The molecule has 2 aromatic rings. The fourth-order valence-corrected chi connectivity index (χ4v) is 2.84. The van der Waals surface area contributed by atoms with Crippen LogP contribution in [0.15, 0.2) is 23.2 Å². The van der Waals surface area contributed by atoms with E-state index >= 15 is 0 Å². The largest absolute Gasteiger partial charge is 0.264 e. The number of sulfonamides is 1. The molecule has 0 aliphatic rings. The van der Waals surface area contributed by atoms with E-state index in [2.05, 4.69) is 14.8 Å². The smallest absolute Gasteiger partial charge is 0.264 e. The van der Waals surface area contributed by atoms with Crippen LogP contribution < -0.4 is 4.72 Å². The SMILES string of the molecule is Cc1cc(NS(=O)(=O)c2cnc(Cl)c(Cl)c2)n(C)n1. The summed E-state index contributed by atoms with van der Waals surface area (Å²) in [5.74, 6) is 0.351. The number of hydrogen-bond acceptors (Lipinski definition) is 4. The van der Waals surface area contributed by atoms with Gasteiger partial charge in [-0.3, -0.25) is 9.40 Å². The molecule has 0 saturated carbocycles. The first-order valence-electron chi connectivity index (χ1n) is 5.14. The lowest BCUT2D eigenvalue weighted by Gasteiger charge is -2.08. The van der Waals surface area contributed by atoms with Crippen molar-refractivity contribution in [2.45, 2.75) is 11.8 Å². The molecule has 0 aliphatic carbocycles. The number of rotatable bonds is 3. The molecule has 0 atom stereocenters. The maximum absolute atomic E-state index is 12.1. The van der Waals surface area contributed by atoms with Crippen LogP contribution in [0.25, 0.3) is 0 Å². The van der Waals surface area contributed by atoms with E-state index in [4.69, 9.17) is 23.2 Å². The molecule has 0 fully saturated rings. The van der Waals surface area contributed by atoms with E-state index in [-0.39, 0.29) is 15.1 Å². The number of hydrogen-bond donors (Lipinski definition) is 1. The van der Waals surface area contributed by atoms with Crippen LogP contribution >= 0.6 is 23.2 Å². The van der Waals surface area contributed by atoms with Gasteiger partial charge >= 0.3 is 0 Å². The second-order valence-electron chi connectivity index (χ2n) is 3.84. The summed E-state index contributed by atoms with van der Waals surface area (Å²) in [6.45, 7) is 1.76. The Hall–Kier alpha value is -1.31. The standard InChI is InChI=1S/C10H10Cl2N4O2S/c1-6-3-9(16(2)14-6)15-19(17,18)7-4-8(11)10(12)13-5-7/h3-5,15H,1-2H3. The van der Waals surface area contributed by atoms with E-state index in [9.17, 15) is 8.42 Å². The molecule has 0 unspecified atom stereocenters. The van der Waals surface area contributed by atoms with Crippen LogP contribution in [-0.2, 0) is 17.1 Å². The topological polar surface area (TPSA) is 76.9 Å². The minimum absolute atomic E-state index is 0.0528. The van der Waals surface area contributed by atoms with Crippen molar-refractivity contribution >= 4 is 39.0 Å². The molecule has 0 aliphatic heterocycles. The number of halogens is 2. The van der Waals surface area contributed by atoms with Gasteiger partial charge in [0.1, 0.15) is 15.9 Å². The first kappa shape index (κ1) is 14.1. The van der Waals surface area contributed by atoms with Gasteiger partial charge in [0.25, 0.3) is 10.0 Å². The quantitative estimate of drug-likeness (QED) is 0.880. The predicted molar refractivity (Wildman–Crippen MR) is 73.0 cm³/mol. The zero-order valence-corrected chi connectivity index (χ0v) is 12.4. The van der Waals surface area contributed by atoms with Crippen LogP contribution in [0.2, 0.25) is 10.2 Å². The average molecular weight is 321 g/mol. The highest BCUT2D eigenvalue weighted by Crippen LogP contribution is 2.23. The highest BCUT2D eigenvalue weighted by molar-refractivity contribution is 7.92. The monoisotopic (exact) mass is 320 g/mol. The highest BCUT2D eigenvalue weighted by atomic mass is 35.5. The normalized spacial score (nSPS) is 11.6. The number of nitrogens with zero attached hydrogens (tertiary/aromatic N) is 3. The Morgan fingerprint density at radius 2 is 2.00 bits per heavy atom. The Kier molecular flexibility index (Phi) is 3.71. The molecule has 2 heterocycles. The highest BCUT2D eigenvalue weighted by Gasteiger charge is 2.18. The van der Waals surface area contributed by atoms with E-state index in [1.165, 1.54) is 10.7 Å². The molecule has 102 valence electrons. The molecule has 0 saturated heterocycles. The molecular formula is C10H10Cl2N4O2S. The fraction of sp³-hybridized carbons (Fsp3) is 0.200. The number of pyridine rings is 1. The molecule has 2 aromatic heterocycles. The molecule has 0 amide bonds. The summed E-state index contributed by atoms with van der Waals surface area (Å²) in [6.07, 6.45) is 1.14. The predicted octanol–water partition coefficient (Wildman–Crippen LogP) is 2.23. The van der Waals surface area contributed by atoms with E-state index in [0.717, 1.165) is 6.20 Å². The third-order valence-electron chi connectivity index (χ3n) is 2.32. The number of anilines is 1. The van der Waals surface area contributed by atoms with Crippen LogP contribution in [-0.4, -0.2) is 23.2 Å². The van der Waals surface area contributed by atoms with Gasteiger partial charge in [-0.25, -0.2) is 13.4 Å². The molecule has 0 radical (unpaired) electrons. The summed E-state index contributed by atoms with van der Waals surface area (Å²) < 4.78 is 28.1. The maximum Gasteiger partial charge on any atom is 0.264 e. The van der Waals surface area contributed by atoms with Gasteiger partial charge in [-0.05, 0) is 13.0 Å². The number of nitrogens with one attached hydrogen (secondary N) is 1. The third-order valence-corrected chi connectivity index (χ3v) is 4.33.